The van der Waals surface area contributed by atoms with E-state index in [1.54, 1.807) is 17.5 Å². The lowest BCUT2D eigenvalue weighted by molar-refractivity contribution is 0.413. The molecule has 0 spiro atoms. The van der Waals surface area contributed by atoms with Crippen LogP contribution < -0.4 is 0 Å². The van der Waals surface area contributed by atoms with E-state index in [9.17, 15) is 0 Å². The molecule has 5 rings (SSSR count). The number of rotatable bonds is 2. The number of nitrogens with zero attached hydrogens (tertiary/aromatic N) is 2. The summed E-state index contributed by atoms with van der Waals surface area (Å²) >= 11 is 1.56. The number of benzene rings is 1. The number of para-hydroxylation sites is 1. The van der Waals surface area contributed by atoms with Crippen LogP contribution in [0.2, 0.25) is 0 Å². The molecule has 4 aromatic heterocycles. The highest BCUT2D eigenvalue weighted by Gasteiger charge is 2.17. The fourth-order valence-electron chi connectivity index (χ4n) is 3.54. The van der Waals surface area contributed by atoms with E-state index in [1.807, 2.05) is 69.5 Å². The zero-order valence-corrected chi connectivity index (χ0v) is 17.1. The van der Waals surface area contributed by atoms with Crippen LogP contribution in [0.4, 0.5) is 0 Å². The Morgan fingerprint density at radius 2 is 1.96 bits per heavy atom. The first-order chi connectivity index (χ1) is 14.2. The van der Waals surface area contributed by atoms with Gasteiger partial charge in [-0.25, -0.2) is 4.98 Å². The first-order valence-electron chi connectivity index (χ1n) is 10.3. The second kappa shape index (κ2) is 6.14. The molecule has 28 heavy (non-hydrogen) atoms. The number of hydrogen-bond donors (Lipinski definition) is 0. The molecule has 4 heteroatoms. The first kappa shape index (κ1) is 15.2. The Hall–Kier alpha value is -2.72. The van der Waals surface area contributed by atoms with Gasteiger partial charge >= 0.3 is 0 Å². The highest BCUT2D eigenvalue weighted by molar-refractivity contribution is 7.17. The van der Waals surface area contributed by atoms with E-state index < -0.39 is 11.8 Å². The van der Waals surface area contributed by atoms with Crippen molar-refractivity contribution in [2.75, 3.05) is 0 Å². The zero-order chi connectivity index (χ0) is 21.3. The molecule has 0 radical (unpaired) electrons. The molecular weight excluding hydrogens is 364 g/mol. The van der Waals surface area contributed by atoms with Crippen LogP contribution >= 0.6 is 11.3 Å². The molecule has 0 aliphatic rings. The Morgan fingerprint density at radius 3 is 2.79 bits per heavy atom. The normalized spacial score (nSPS) is 14.0. The standard InChI is InChI=1S/C24H22N2OS/c1-14-8-9-17-16-6-5-7-18(22(16)27-23(17)26-14)20-10-21-19(12-25-20)15(13-28-21)11-24(2,3)4/h5-10,12-13H,11H2,1-4H3/i11D2. The van der Waals surface area contributed by atoms with Crippen LogP contribution in [0.3, 0.4) is 0 Å². The number of pyridine rings is 2. The van der Waals surface area contributed by atoms with Crippen molar-refractivity contribution in [2.24, 2.45) is 5.41 Å². The molecule has 0 unspecified atom stereocenters. The Balaban J connectivity index is 1.69. The van der Waals surface area contributed by atoms with Crippen molar-refractivity contribution < 1.29 is 7.16 Å². The minimum absolute atomic E-state index is 0.509. The Bertz CT molecular complexity index is 1430. The van der Waals surface area contributed by atoms with Crippen LogP contribution in [0, 0.1) is 12.3 Å². The molecule has 0 aliphatic heterocycles. The molecule has 140 valence electrons. The molecule has 0 N–H and O–H groups in total. The average molecular weight is 389 g/mol. The third kappa shape index (κ3) is 2.89. The lowest BCUT2D eigenvalue weighted by Gasteiger charge is -2.17. The van der Waals surface area contributed by atoms with Gasteiger partial charge in [0.2, 0.25) is 5.71 Å². The van der Waals surface area contributed by atoms with Gasteiger partial charge in [0.05, 0.1) is 5.69 Å². The lowest BCUT2D eigenvalue weighted by Crippen LogP contribution is -2.08. The van der Waals surface area contributed by atoms with Crippen molar-refractivity contribution in [3.63, 3.8) is 0 Å². The van der Waals surface area contributed by atoms with E-state index in [0.717, 1.165) is 43.4 Å². The van der Waals surface area contributed by atoms with Crippen LogP contribution in [0.5, 0.6) is 0 Å². The monoisotopic (exact) mass is 388 g/mol. The Morgan fingerprint density at radius 1 is 1.11 bits per heavy atom. The van der Waals surface area contributed by atoms with Crippen molar-refractivity contribution in [1.29, 1.82) is 0 Å². The summed E-state index contributed by atoms with van der Waals surface area (Å²) in [7, 11) is 0. The molecular formula is C24H22N2OS. The molecule has 0 amide bonds. The fourth-order valence-corrected chi connectivity index (χ4v) is 4.44. The van der Waals surface area contributed by atoms with Gasteiger partial charge in [-0.1, -0.05) is 32.9 Å². The summed E-state index contributed by atoms with van der Waals surface area (Å²) in [6.07, 6.45) is 0.348. The Labute approximate surface area is 170 Å². The summed E-state index contributed by atoms with van der Waals surface area (Å²) in [5.41, 5.74) is 4.25. The van der Waals surface area contributed by atoms with Crippen molar-refractivity contribution in [3.05, 3.63) is 59.2 Å². The maximum atomic E-state index is 8.65. The highest BCUT2D eigenvalue weighted by Crippen LogP contribution is 2.37. The summed E-state index contributed by atoms with van der Waals surface area (Å²) in [4.78, 5) is 9.23. The molecule has 5 aromatic rings. The zero-order valence-electron chi connectivity index (χ0n) is 18.3. The smallest absolute Gasteiger partial charge is 0.227 e. The topological polar surface area (TPSA) is 38.9 Å². The first-order valence-corrected chi connectivity index (χ1v) is 10.2. The Kier molecular flexibility index (Phi) is 3.34. The van der Waals surface area contributed by atoms with Crippen molar-refractivity contribution in [3.8, 4) is 11.3 Å². The van der Waals surface area contributed by atoms with E-state index in [2.05, 4.69) is 4.98 Å². The second-order valence-electron chi connectivity index (χ2n) is 8.18. The van der Waals surface area contributed by atoms with E-state index in [1.165, 1.54) is 0 Å². The molecule has 1 aromatic carbocycles. The van der Waals surface area contributed by atoms with E-state index in [0.29, 0.717) is 11.3 Å². The molecule has 3 nitrogen and oxygen atoms in total. The molecule has 0 atom stereocenters. The summed E-state index contributed by atoms with van der Waals surface area (Å²) in [5.74, 6) is 0. The number of furan rings is 1. The third-order valence-electron chi connectivity index (χ3n) is 4.75. The number of thiophene rings is 1. The summed E-state index contributed by atoms with van der Waals surface area (Å²) in [5, 5.41) is 4.82. The third-order valence-corrected chi connectivity index (χ3v) is 5.69. The molecule has 4 heterocycles. The minimum Gasteiger partial charge on any atom is -0.437 e. The fraction of sp³-hybridized carbons (Fsp3) is 0.250. The summed E-state index contributed by atoms with van der Waals surface area (Å²) in [6.45, 7) is 7.73. The number of aryl methyl sites for hydroxylation is 1. The van der Waals surface area contributed by atoms with Crippen LogP contribution in [0.25, 0.3) is 43.4 Å². The lowest BCUT2D eigenvalue weighted by atomic mass is 9.88. The van der Waals surface area contributed by atoms with Crippen LogP contribution in [-0.4, -0.2) is 9.97 Å². The second-order valence-corrected chi connectivity index (χ2v) is 9.09. The van der Waals surface area contributed by atoms with Gasteiger partial charge in [0.25, 0.3) is 0 Å². The average Bonchev–Trinajstić information content (AvgIpc) is 3.27. The van der Waals surface area contributed by atoms with Gasteiger partial charge in [0.15, 0.2) is 0 Å². The molecule has 0 bridgehead atoms. The van der Waals surface area contributed by atoms with Gasteiger partial charge in [-0.3, -0.25) is 4.98 Å². The van der Waals surface area contributed by atoms with E-state index >= 15 is 0 Å². The highest BCUT2D eigenvalue weighted by atomic mass is 32.1. The quantitative estimate of drug-likeness (QED) is 0.322. The van der Waals surface area contributed by atoms with Gasteiger partial charge in [0, 0.05) is 41.1 Å². The summed E-state index contributed by atoms with van der Waals surface area (Å²) < 4.78 is 24.4. The predicted molar refractivity (Wildman–Crippen MR) is 118 cm³/mol. The van der Waals surface area contributed by atoms with Gasteiger partial charge in [-0.05, 0) is 53.9 Å². The van der Waals surface area contributed by atoms with Gasteiger partial charge in [0.1, 0.15) is 5.58 Å². The summed E-state index contributed by atoms with van der Waals surface area (Å²) in [6, 6.07) is 12.1. The number of fused-ring (bicyclic) bond motifs is 4. The van der Waals surface area contributed by atoms with Crippen LogP contribution in [-0.2, 0) is 6.37 Å². The molecule has 0 aliphatic carbocycles. The molecule has 0 saturated carbocycles. The van der Waals surface area contributed by atoms with Gasteiger partial charge < -0.3 is 4.42 Å². The van der Waals surface area contributed by atoms with Crippen LogP contribution in [0.15, 0.2) is 52.4 Å². The predicted octanol–water partition coefficient (Wildman–Crippen LogP) is 7.15. The number of hydrogen-bond acceptors (Lipinski definition) is 4. The van der Waals surface area contributed by atoms with Gasteiger partial charge in [-0.2, -0.15) is 0 Å². The largest absolute Gasteiger partial charge is 0.437 e. The molecule has 0 fully saturated rings. The maximum Gasteiger partial charge on any atom is 0.227 e. The number of aromatic nitrogens is 2. The van der Waals surface area contributed by atoms with Crippen molar-refractivity contribution in [2.45, 2.75) is 34.1 Å². The molecule has 0 saturated heterocycles. The minimum atomic E-state index is -1.45. The van der Waals surface area contributed by atoms with E-state index in [-0.39, 0.29) is 0 Å². The van der Waals surface area contributed by atoms with Gasteiger partial charge in [-0.15, -0.1) is 11.3 Å². The van der Waals surface area contributed by atoms with Crippen LogP contribution in [0.1, 0.15) is 34.8 Å². The SMILES string of the molecule is [2H]C([2H])(c1csc2cc(-c3cccc4c3oc3nc(C)ccc34)ncc12)C(C)(C)C. The van der Waals surface area contributed by atoms with Crippen molar-refractivity contribution in [1.82, 2.24) is 9.97 Å². The maximum absolute atomic E-state index is 8.65. The van der Waals surface area contributed by atoms with E-state index in [4.69, 9.17) is 12.1 Å². The van der Waals surface area contributed by atoms with Crippen molar-refractivity contribution >= 4 is 43.5 Å².